The molecule has 118 valence electrons. The van der Waals surface area contributed by atoms with Crippen LogP contribution in [0.2, 0.25) is 0 Å². The number of nitrogens with zero attached hydrogens (tertiary/aromatic N) is 2. The Kier molecular flexibility index (Phi) is 4.01. The third-order valence-electron chi connectivity index (χ3n) is 4.18. The predicted octanol–water partition coefficient (Wildman–Crippen LogP) is 3.83. The SMILES string of the molecule is Cc1ccc(C(C)(C)c2nc(-c3ccc(CN)cc3)no2)cc1. The fourth-order valence-electron chi connectivity index (χ4n) is 2.48. The number of nitrogens with two attached hydrogens (primary N) is 1. The highest BCUT2D eigenvalue weighted by Crippen LogP contribution is 2.31. The van der Waals surface area contributed by atoms with E-state index in [9.17, 15) is 0 Å². The van der Waals surface area contributed by atoms with E-state index in [1.807, 2.05) is 24.3 Å². The summed E-state index contributed by atoms with van der Waals surface area (Å²) in [5.74, 6) is 1.21. The van der Waals surface area contributed by atoms with Crippen molar-refractivity contribution >= 4 is 0 Å². The lowest BCUT2D eigenvalue weighted by Crippen LogP contribution is -2.19. The van der Waals surface area contributed by atoms with Crippen LogP contribution in [0.15, 0.2) is 53.1 Å². The van der Waals surface area contributed by atoms with E-state index in [0.29, 0.717) is 18.3 Å². The molecule has 0 fully saturated rings. The van der Waals surface area contributed by atoms with Gasteiger partial charge in [0.1, 0.15) is 0 Å². The van der Waals surface area contributed by atoms with E-state index < -0.39 is 0 Å². The molecule has 4 nitrogen and oxygen atoms in total. The summed E-state index contributed by atoms with van der Waals surface area (Å²) in [6.07, 6.45) is 0. The Balaban J connectivity index is 1.92. The molecule has 0 bridgehead atoms. The van der Waals surface area contributed by atoms with Crippen molar-refractivity contribution in [2.24, 2.45) is 5.73 Å². The molecule has 0 unspecified atom stereocenters. The molecule has 2 aromatic carbocycles. The van der Waals surface area contributed by atoms with Gasteiger partial charge in [0.2, 0.25) is 11.7 Å². The first-order chi connectivity index (χ1) is 11.0. The molecule has 0 saturated carbocycles. The van der Waals surface area contributed by atoms with E-state index in [2.05, 4.69) is 55.2 Å². The van der Waals surface area contributed by atoms with Crippen LogP contribution in [0.3, 0.4) is 0 Å². The number of aryl methyl sites for hydroxylation is 1. The van der Waals surface area contributed by atoms with Gasteiger partial charge in [0.05, 0.1) is 5.41 Å². The normalized spacial score (nSPS) is 11.7. The zero-order chi connectivity index (χ0) is 16.4. The molecule has 4 heteroatoms. The molecule has 0 aliphatic heterocycles. The van der Waals surface area contributed by atoms with Gasteiger partial charge in [-0.25, -0.2) is 0 Å². The van der Waals surface area contributed by atoms with Crippen LogP contribution in [-0.4, -0.2) is 10.1 Å². The fraction of sp³-hybridized carbons (Fsp3) is 0.263. The van der Waals surface area contributed by atoms with Crippen LogP contribution in [-0.2, 0) is 12.0 Å². The van der Waals surface area contributed by atoms with Gasteiger partial charge in [-0.15, -0.1) is 0 Å². The summed E-state index contributed by atoms with van der Waals surface area (Å²) < 4.78 is 5.54. The van der Waals surface area contributed by atoms with Gasteiger partial charge < -0.3 is 10.3 Å². The third-order valence-corrected chi connectivity index (χ3v) is 4.18. The van der Waals surface area contributed by atoms with Crippen molar-refractivity contribution in [1.82, 2.24) is 10.1 Å². The second-order valence-electron chi connectivity index (χ2n) is 6.32. The summed E-state index contributed by atoms with van der Waals surface area (Å²) in [4.78, 5) is 4.60. The van der Waals surface area contributed by atoms with Gasteiger partial charge in [-0.2, -0.15) is 4.98 Å². The van der Waals surface area contributed by atoms with Crippen molar-refractivity contribution in [3.05, 3.63) is 71.1 Å². The van der Waals surface area contributed by atoms with E-state index in [-0.39, 0.29) is 5.41 Å². The quantitative estimate of drug-likeness (QED) is 0.795. The maximum atomic E-state index is 5.63. The Morgan fingerprint density at radius 3 is 2.26 bits per heavy atom. The summed E-state index contributed by atoms with van der Waals surface area (Å²) in [5, 5.41) is 4.13. The summed E-state index contributed by atoms with van der Waals surface area (Å²) in [6.45, 7) is 6.78. The second-order valence-corrected chi connectivity index (χ2v) is 6.32. The van der Waals surface area contributed by atoms with Crippen molar-refractivity contribution in [3.8, 4) is 11.4 Å². The summed E-state index contributed by atoms with van der Waals surface area (Å²) in [5.41, 5.74) is 9.68. The number of rotatable bonds is 4. The summed E-state index contributed by atoms with van der Waals surface area (Å²) >= 11 is 0. The smallest absolute Gasteiger partial charge is 0.237 e. The number of hydrogen-bond donors (Lipinski definition) is 1. The van der Waals surface area contributed by atoms with Gasteiger partial charge in [0.25, 0.3) is 0 Å². The van der Waals surface area contributed by atoms with Gasteiger partial charge in [0, 0.05) is 12.1 Å². The van der Waals surface area contributed by atoms with Gasteiger partial charge >= 0.3 is 0 Å². The molecule has 1 aromatic heterocycles. The average molecular weight is 307 g/mol. The highest BCUT2D eigenvalue weighted by Gasteiger charge is 2.30. The van der Waals surface area contributed by atoms with Gasteiger partial charge in [-0.1, -0.05) is 59.3 Å². The molecule has 0 saturated heterocycles. The third kappa shape index (κ3) is 3.03. The lowest BCUT2D eigenvalue weighted by atomic mass is 9.84. The van der Waals surface area contributed by atoms with E-state index in [1.165, 1.54) is 5.56 Å². The Hall–Kier alpha value is -2.46. The lowest BCUT2D eigenvalue weighted by Gasteiger charge is -2.20. The second kappa shape index (κ2) is 5.97. The molecule has 2 N–H and O–H groups in total. The Morgan fingerprint density at radius 1 is 1.00 bits per heavy atom. The molecule has 0 aliphatic rings. The minimum absolute atomic E-state index is 0.337. The fourth-order valence-corrected chi connectivity index (χ4v) is 2.48. The number of benzene rings is 2. The van der Waals surface area contributed by atoms with Crippen LogP contribution in [0.5, 0.6) is 0 Å². The van der Waals surface area contributed by atoms with Gasteiger partial charge in [-0.05, 0) is 31.9 Å². The van der Waals surface area contributed by atoms with Crippen LogP contribution in [0.1, 0.15) is 36.4 Å². The topological polar surface area (TPSA) is 64.9 Å². The minimum Gasteiger partial charge on any atom is -0.338 e. The Morgan fingerprint density at radius 2 is 1.65 bits per heavy atom. The van der Waals surface area contributed by atoms with Crippen molar-refractivity contribution < 1.29 is 4.52 Å². The van der Waals surface area contributed by atoms with Crippen molar-refractivity contribution in [2.75, 3.05) is 0 Å². The van der Waals surface area contributed by atoms with E-state index >= 15 is 0 Å². The van der Waals surface area contributed by atoms with Crippen LogP contribution in [0.25, 0.3) is 11.4 Å². The maximum Gasteiger partial charge on any atom is 0.237 e. The predicted molar refractivity (Wildman–Crippen MR) is 90.9 cm³/mol. The summed E-state index contributed by atoms with van der Waals surface area (Å²) in [6, 6.07) is 16.3. The first-order valence-corrected chi connectivity index (χ1v) is 7.71. The Bertz CT molecular complexity index is 786. The first-order valence-electron chi connectivity index (χ1n) is 7.71. The molecular formula is C19H21N3O. The van der Waals surface area contributed by atoms with Crippen molar-refractivity contribution in [3.63, 3.8) is 0 Å². The monoisotopic (exact) mass is 307 g/mol. The lowest BCUT2D eigenvalue weighted by molar-refractivity contribution is 0.333. The highest BCUT2D eigenvalue weighted by molar-refractivity contribution is 5.55. The van der Waals surface area contributed by atoms with Gasteiger partial charge in [-0.3, -0.25) is 0 Å². The zero-order valence-electron chi connectivity index (χ0n) is 13.7. The van der Waals surface area contributed by atoms with Crippen molar-refractivity contribution in [2.45, 2.75) is 32.7 Å². The molecular weight excluding hydrogens is 286 g/mol. The zero-order valence-corrected chi connectivity index (χ0v) is 13.7. The minimum atomic E-state index is -0.337. The standard InChI is InChI=1S/C19H21N3O/c1-13-4-10-16(11-5-13)19(2,3)18-21-17(22-23-18)15-8-6-14(12-20)7-9-15/h4-11H,12,20H2,1-3H3. The number of hydrogen-bond acceptors (Lipinski definition) is 4. The molecule has 3 rings (SSSR count). The van der Waals surface area contributed by atoms with Gasteiger partial charge in [0.15, 0.2) is 0 Å². The maximum absolute atomic E-state index is 5.63. The molecule has 0 radical (unpaired) electrons. The molecule has 0 amide bonds. The molecule has 0 aliphatic carbocycles. The first kappa shape index (κ1) is 15.4. The van der Waals surface area contributed by atoms with E-state index in [1.54, 1.807) is 0 Å². The van der Waals surface area contributed by atoms with Crippen LogP contribution in [0, 0.1) is 6.92 Å². The average Bonchev–Trinajstić information content (AvgIpc) is 3.06. The highest BCUT2D eigenvalue weighted by atomic mass is 16.5. The van der Waals surface area contributed by atoms with Crippen LogP contribution in [0.4, 0.5) is 0 Å². The van der Waals surface area contributed by atoms with Crippen LogP contribution >= 0.6 is 0 Å². The molecule has 0 spiro atoms. The van der Waals surface area contributed by atoms with Crippen LogP contribution < -0.4 is 5.73 Å². The largest absolute Gasteiger partial charge is 0.338 e. The molecule has 0 atom stereocenters. The molecule has 1 heterocycles. The van der Waals surface area contributed by atoms with Crippen molar-refractivity contribution in [1.29, 1.82) is 0 Å². The van der Waals surface area contributed by atoms with E-state index in [4.69, 9.17) is 10.3 Å². The Labute approximate surface area is 136 Å². The summed E-state index contributed by atoms with van der Waals surface area (Å²) in [7, 11) is 0. The molecule has 3 aromatic rings. The van der Waals surface area contributed by atoms with E-state index in [0.717, 1.165) is 16.7 Å². The number of aromatic nitrogens is 2. The molecule has 23 heavy (non-hydrogen) atoms.